The first kappa shape index (κ1) is 21.2. The third-order valence-electron chi connectivity index (χ3n) is 5.84. The SMILES string of the molecule is COCCCCCC1=C[C@H]2C[C@@H](O)[C@H](C=CC(C)=CCC=C(C)C)[C@H]2C1. The molecule has 1 saturated carbocycles. The molecule has 2 nitrogen and oxygen atoms in total. The van der Waals surface area contributed by atoms with Crippen LogP contribution >= 0.6 is 0 Å². The molecule has 1 N–H and O–H groups in total. The molecule has 0 radical (unpaired) electrons. The normalized spacial score (nSPS) is 28.5. The Morgan fingerprint density at radius 2 is 2.00 bits per heavy atom. The molecular weight excluding hydrogens is 320 g/mol. The predicted octanol–water partition coefficient (Wildman–Crippen LogP) is 6.00. The van der Waals surface area contributed by atoms with Gasteiger partial charge in [0, 0.05) is 19.6 Å². The molecule has 2 aliphatic rings. The zero-order valence-electron chi connectivity index (χ0n) is 17.2. The Labute approximate surface area is 160 Å². The molecule has 0 unspecified atom stereocenters. The quantitative estimate of drug-likeness (QED) is 0.295. The Balaban J connectivity index is 1.83. The van der Waals surface area contributed by atoms with E-state index in [2.05, 4.69) is 51.2 Å². The summed E-state index contributed by atoms with van der Waals surface area (Å²) in [6.07, 6.45) is 19.3. The van der Waals surface area contributed by atoms with E-state index < -0.39 is 0 Å². The van der Waals surface area contributed by atoms with Crippen LogP contribution in [0.5, 0.6) is 0 Å². The van der Waals surface area contributed by atoms with Gasteiger partial charge in [-0.3, -0.25) is 0 Å². The van der Waals surface area contributed by atoms with Crippen molar-refractivity contribution >= 4 is 0 Å². The van der Waals surface area contributed by atoms with Crippen LogP contribution < -0.4 is 0 Å². The van der Waals surface area contributed by atoms with Crippen LogP contribution in [0.1, 0.15) is 65.7 Å². The highest BCUT2D eigenvalue weighted by atomic mass is 16.5. The maximum Gasteiger partial charge on any atom is 0.0611 e. The van der Waals surface area contributed by atoms with Crippen LogP contribution in [0, 0.1) is 17.8 Å². The highest BCUT2D eigenvalue weighted by Crippen LogP contribution is 2.48. The van der Waals surface area contributed by atoms with E-state index in [0.29, 0.717) is 17.8 Å². The molecule has 1 fully saturated rings. The number of methoxy groups -OCH3 is 1. The number of aliphatic hydroxyl groups is 1. The molecule has 0 heterocycles. The Hall–Kier alpha value is -1.12. The Bertz CT molecular complexity index is 549. The summed E-state index contributed by atoms with van der Waals surface area (Å²) in [6, 6.07) is 0. The molecule has 146 valence electrons. The van der Waals surface area contributed by atoms with Gasteiger partial charge in [0.15, 0.2) is 0 Å². The number of aliphatic hydroxyl groups excluding tert-OH is 1. The summed E-state index contributed by atoms with van der Waals surface area (Å²) in [5.41, 5.74) is 4.28. The van der Waals surface area contributed by atoms with Gasteiger partial charge >= 0.3 is 0 Å². The van der Waals surface area contributed by atoms with Crippen LogP contribution in [0.4, 0.5) is 0 Å². The lowest BCUT2D eigenvalue weighted by Crippen LogP contribution is -2.17. The van der Waals surface area contributed by atoms with E-state index in [1.165, 1.54) is 43.3 Å². The molecule has 2 aliphatic carbocycles. The van der Waals surface area contributed by atoms with Gasteiger partial charge < -0.3 is 9.84 Å². The summed E-state index contributed by atoms with van der Waals surface area (Å²) in [7, 11) is 1.78. The van der Waals surface area contributed by atoms with Crippen LogP contribution in [0.3, 0.4) is 0 Å². The molecule has 0 bridgehead atoms. The fraction of sp³-hybridized carbons (Fsp3) is 0.667. The maximum atomic E-state index is 10.5. The molecule has 2 heteroatoms. The van der Waals surface area contributed by atoms with Crippen LogP contribution in [0.2, 0.25) is 0 Å². The van der Waals surface area contributed by atoms with Crippen molar-refractivity contribution in [3.63, 3.8) is 0 Å². The summed E-state index contributed by atoms with van der Waals surface area (Å²) >= 11 is 0. The van der Waals surface area contributed by atoms with Gasteiger partial charge in [0.05, 0.1) is 6.10 Å². The van der Waals surface area contributed by atoms with Crippen LogP contribution in [0.25, 0.3) is 0 Å². The van der Waals surface area contributed by atoms with Crippen LogP contribution in [0.15, 0.2) is 47.1 Å². The van der Waals surface area contributed by atoms with Gasteiger partial charge in [0.2, 0.25) is 0 Å². The van der Waals surface area contributed by atoms with E-state index in [1.54, 1.807) is 12.7 Å². The number of hydrogen-bond donors (Lipinski definition) is 1. The first-order valence-electron chi connectivity index (χ1n) is 10.4. The zero-order valence-corrected chi connectivity index (χ0v) is 17.2. The third kappa shape index (κ3) is 6.55. The van der Waals surface area contributed by atoms with Gasteiger partial charge in [0.25, 0.3) is 0 Å². The summed E-state index contributed by atoms with van der Waals surface area (Å²) < 4.78 is 5.12. The number of rotatable bonds is 10. The fourth-order valence-corrected chi connectivity index (χ4v) is 4.38. The largest absolute Gasteiger partial charge is 0.392 e. The van der Waals surface area contributed by atoms with Crippen molar-refractivity contribution in [2.75, 3.05) is 13.7 Å². The molecule has 0 aromatic rings. The van der Waals surface area contributed by atoms with Gasteiger partial charge in [-0.25, -0.2) is 0 Å². The second-order valence-corrected chi connectivity index (χ2v) is 8.37. The second-order valence-electron chi connectivity index (χ2n) is 8.37. The minimum Gasteiger partial charge on any atom is -0.392 e. The monoisotopic (exact) mass is 358 g/mol. The van der Waals surface area contributed by atoms with Crippen molar-refractivity contribution in [1.82, 2.24) is 0 Å². The first-order valence-corrected chi connectivity index (χ1v) is 10.4. The average molecular weight is 359 g/mol. The van der Waals surface area contributed by atoms with Crippen LogP contribution in [-0.2, 0) is 4.74 Å². The molecular formula is C24H38O2. The minimum absolute atomic E-state index is 0.175. The van der Waals surface area contributed by atoms with E-state index in [-0.39, 0.29) is 6.10 Å². The van der Waals surface area contributed by atoms with E-state index in [0.717, 1.165) is 19.4 Å². The number of ether oxygens (including phenoxy) is 1. The van der Waals surface area contributed by atoms with Crippen molar-refractivity contribution in [3.05, 3.63) is 47.1 Å². The average Bonchev–Trinajstić information content (AvgIpc) is 3.09. The zero-order chi connectivity index (χ0) is 18.9. The van der Waals surface area contributed by atoms with Crippen molar-refractivity contribution in [3.8, 4) is 0 Å². The Kier molecular flexibility index (Phi) is 8.87. The molecule has 0 amide bonds. The highest BCUT2D eigenvalue weighted by molar-refractivity contribution is 5.24. The van der Waals surface area contributed by atoms with Crippen molar-refractivity contribution < 1.29 is 9.84 Å². The number of hydrogen-bond acceptors (Lipinski definition) is 2. The molecule has 26 heavy (non-hydrogen) atoms. The van der Waals surface area contributed by atoms with Gasteiger partial charge in [-0.05, 0) is 71.1 Å². The molecule has 4 atom stereocenters. The smallest absolute Gasteiger partial charge is 0.0611 e. The number of allylic oxidation sites excluding steroid dienone is 7. The molecule has 0 aliphatic heterocycles. The summed E-state index contributed by atoms with van der Waals surface area (Å²) in [4.78, 5) is 0. The number of fused-ring (bicyclic) bond motifs is 1. The molecule has 0 spiro atoms. The topological polar surface area (TPSA) is 29.5 Å². The van der Waals surface area contributed by atoms with E-state index >= 15 is 0 Å². The van der Waals surface area contributed by atoms with Crippen molar-refractivity contribution in [2.45, 2.75) is 71.8 Å². The third-order valence-corrected chi connectivity index (χ3v) is 5.84. The van der Waals surface area contributed by atoms with Crippen molar-refractivity contribution in [1.29, 1.82) is 0 Å². The van der Waals surface area contributed by atoms with Gasteiger partial charge in [-0.15, -0.1) is 0 Å². The number of unbranched alkanes of at least 4 members (excludes halogenated alkanes) is 2. The molecule has 0 aromatic carbocycles. The van der Waals surface area contributed by atoms with Crippen LogP contribution in [-0.4, -0.2) is 24.9 Å². The van der Waals surface area contributed by atoms with E-state index in [9.17, 15) is 5.11 Å². The fourth-order valence-electron chi connectivity index (χ4n) is 4.38. The lowest BCUT2D eigenvalue weighted by atomic mass is 9.88. The van der Waals surface area contributed by atoms with E-state index in [4.69, 9.17) is 4.74 Å². The Morgan fingerprint density at radius 3 is 2.73 bits per heavy atom. The van der Waals surface area contributed by atoms with Crippen molar-refractivity contribution in [2.24, 2.45) is 17.8 Å². The Morgan fingerprint density at radius 1 is 1.19 bits per heavy atom. The van der Waals surface area contributed by atoms with Gasteiger partial charge in [-0.2, -0.15) is 0 Å². The molecule has 0 saturated heterocycles. The summed E-state index contributed by atoms with van der Waals surface area (Å²) in [5, 5.41) is 10.5. The maximum absolute atomic E-state index is 10.5. The minimum atomic E-state index is -0.175. The summed E-state index contributed by atoms with van der Waals surface area (Å²) in [5.74, 6) is 1.51. The second kappa shape index (κ2) is 10.9. The lowest BCUT2D eigenvalue weighted by Gasteiger charge is -2.18. The highest BCUT2D eigenvalue weighted by Gasteiger charge is 2.43. The van der Waals surface area contributed by atoms with Gasteiger partial charge in [0.1, 0.15) is 0 Å². The molecule has 2 rings (SSSR count). The molecule has 0 aromatic heterocycles. The predicted molar refractivity (Wildman–Crippen MR) is 111 cm³/mol. The van der Waals surface area contributed by atoms with Gasteiger partial charge in [-0.1, -0.05) is 53.5 Å². The summed E-state index contributed by atoms with van der Waals surface area (Å²) in [6.45, 7) is 7.31. The van der Waals surface area contributed by atoms with E-state index in [1.807, 2.05) is 0 Å². The first-order chi connectivity index (χ1) is 12.5. The lowest BCUT2D eigenvalue weighted by molar-refractivity contribution is 0.141. The standard InChI is InChI=1S/C24H38O2/c1-18(2)9-8-10-19(3)12-13-22-23-16-20(11-6-5-7-14-26-4)15-21(23)17-24(22)25/h9-10,12-13,15,21-25H,5-8,11,14,16-17H2,1-4H3/t21-,22+,23-,24+/m0/s1.